The molecule has 0 amide bonds. The molecular weight excluding hydrogens is 761 g/mol. The highest BCUT2D eigenvalue weighted by molar-refractivity contribution is 7.26. The molecular formula is C56H32N4S. The molecule has 0 unspecified atom stereocenters. The lowest BCUT2D eigenvalue weighted by Crippen LogP contribution is -1.96. The molecule has 0 fully saturated rings. The van der Waals surface area contributed by atoms with Crippen molar-refractivity contribution in [2.45, 2.75) is 0 Å². The molecule has 0 spiro atoms. The van der Waals surface area contributed by atoms with Gasteiger partial charge in [0, 0.05) is 64.6 Å². The molecule has 0 bridgehead atoms. The van der Waals surface area contributed by atoms with E-state index in [9.17, 15) is 0 Å². The van der Waals surface area contributed by atoms with Crippen LogP contribution in [0.5, 0.6) is 0 Å². The molecule has 0 radical (unpaired) electrons. The summed E-state index contributed by atoms with van der Waals surface area (Å²) in [5, 5.41) is 11.3. The fourth-order valence-electron chi connectivity index (χ4n) is 10.2. The molecule has 14 rings (SSSR count). The average Bonchev–Trinajstić information content (AvgIpc) is 4.07. The minimum atomic E-state index is 0.720. The molecule has 9 aromatic carbocycles. The number of hydrogen-bond acceptors (Lipinski definition) is 3. The van der Waals surface area contributed by atoms with Crippen molar-refractivity contribution < 1.29 is 0 Å². The maximum atomic E-state index is 5.36. The van der Waals surface area contributed by atoms with Gasteiger partial charge in [-0.2, -0.15) is 0 Å². The van der Waals surface area contributed by atoms with Gasteiger partial charge in [-0.05, 0) is 65.0 Å². The van der Waals surface area contributed by atoms with Crippen LogP contribution in [0.4, 0.5) is 0 Å². The summed E-state index contributed by atoms with van der Waals surface area (Å²) < 4.78 is 7.32. The Morgan fingerprint density at radius 1 is 0.393 bits per heavy atom. The van der Waals surface area contributed by atoms with Crippen molar-refractivity contribution in [2.75, 3.05) is 0 Å². The van der Waals surface area contributed by atoms with Crippen LogP contribution in [0.2, 0.25) is 0 Å². The van der Waals surface area contributed by atoms with Crippen molar-refractivity contribution >= 4 is 102 Å². The van der Waals surface area contributed by atoms with Crippen molar-refractivity contribution in [1.29, 1.82) is 0 Å². The van der Waals surface area contributed by atoms with Gasteiger partial charge < -0.3 is 8.97 Å². The lowest BCUT2D eigenvalue weighted by Gasteiger charge is -2.11. The van der Waals surface area contributed by atoms with E-state index in [1.807, 2.05) is 0 Å². The first-order valence-corrected chi connectivity index (χ1v) is 21.6. The number of nitrogens with zero attached hydrogens (tertiary/aromatic N) is 4. The molecule has 61 heavy (non-hydrogen) atoms. The Kier molecular flexibility index (Phi) is 6.68. The van der Waals surface area contributed by atoms with E-state index in [-0.39, 0.29) is 0 Å². The summed E-state index contributed by atoms with van der Waals surface area (Å²) in [6, 6.07) is 70.4. The summed E-state index contributed by atoms with van der Waals surface area (Å²) >= 11 is 1.77. The highest BCUT2D eigenvalue weighted by atomic mass is 32.1. The molecule has 0 aliphatic rings. The quantitative estimate of drug-likeness (QED) is 0.178. The van der Waals surface area contributed by atoms with Gasteiger partial charge in [0.25, 0.3) is 0 Å². The first-order valence-electron chi connectivity index (χ1n) is 20.7. The molecule has 5 aromatic heterocycles. The lowest BCUT2D eigenvalue weighted by atomic mass is 10.0. The Morgan fingerprint density at radius 2 is 1.02 bits per heavy atom. The van der Waals surface area contributed by atoms with Gasteiger partial charge in [0.1, 0.15) is 0 Å². The molecule has 14 aromatic rings. The number of aromatic nitrogens is 4. The van der Waals surface area contributed by atoms with Gasteiger partial charge in [-0.25, -0.2) is 9.97 Å². The second-order valence-electron chi connectivity index (χ2n) is 16.1. The SMILES string of the molecule is c1ccc(-c2ccc(-c3nc(-c4ccc(-n5c6ccccc6c6cc7c8ccccc8n8c9c%10ccccc%10ccc9c(c65)c78)cc4)nc4c3sc3ccccc34)cc2)cc1. The number of hydrogen-bond donors (Lipinski definition) is 0. The molecule has 0 saturated heterocycles. The minimum Gasteiger partial charge on any atom is -0.309 e. The van der Waals surface area contributed by atoms with Crippen molar-refractivity contribution in [1.82, 2.24) is 18.9 Å². The van der Waals surface area contributed by atoms with Gasteiger partial charge in [0.15, 0.2) is 5.82 Å². The number of benzene rings is 9. The van der Waals surface area contributed by atoms with Gasteiger partial charge in [-0.3, -0.25) is 0 Å². The summed E-state index contributed by atoms with van der Waals surface area (Å²) in [4.78, 5) is 10.7. The summed E-state index contributed by atoms with van der Waals surface area (Å²) in [7, 11) is 0. The zero-order valence-corrected chi connectivity index (χ0v) is 33.5. The summed E-state index contributed by atoms with van der Waals surface area (Å²) in [6.07, 6.45) is 0. The largest absolute Gasteiger partial charge is 0.309 e. The molecule has 282 valence electrons. The Bertz CT molecular complexity index is 4080. The second kappa shape index (κ2) is 12.3. The summed E-state index contributed by atoms with van der Waals surface area (Å²) in [6.45, 7) is 0. The maximum absolute atomic E-state index is 5.36. The highest BCUT2D eigenvalue weighted by Crippen LogP contribution is 2.48. The normalized spacial score (nSPS) is 12.3. The Labute approximate surface area is 353 Å². The van der Waals surface area contributed by atoms with Crippen LogP contribution < -0.4 is 0 Å². The van der Waals surface area contributed by atoms with Crippen LogP contribution in [0, 0.1) is 0 Å². The van der Waals surface area contributed by atoms with Crippen molar-refractivity contribution in [3.05, 3.63) is 194 Å². The number of rotatable bonds is 4. The van der Waals surface area contributed by atoms with Gasteiger partial charge in [0.2, 0.25) is 0 Å². The van der Waals surface area contributed by atoms with Gasteiger partial charge in [-0.15, -0.1) is 11.3 Å². The molecule has 4 nitrogen and oxygen atoms in total. The molecule has 0 N–H and O–H groups in total. The number of para-hydroxylation sites is 2. The Morgan fingerprint density at radius 3 is 1.84 bits per heavy atom. The van der Waals surface area contributed by atoms with E-state index in [4.69, 9.17) is 9.97 Å². The zero-order valence-electron chi connectivity index (χ0n) is 32.7. The van der Waals surface area contributed by atoms with Gasteiger partial charge in [-0.1, -0.05) is 146 Å². The Balaban J connectivity index is 0.999. The standard InChI is InChI=1S/C56H32N4S/c1-2-12-33(13-3-1)34-22-24-36(25-23-34)50-55-51(42-18-8-11-21-48(42)61-55)58-56(57-50)37-26-29-38(30-27-37)59-46-19-9-6-16-40(46)44-32-45-41-17-7-10-20-47(41)60-52-39-15-5-4-14-35(39)28-31-43(52)49(53(44)59)54(45)60/h1-32H. The average molecular weight is 793 g/mol. The van der Waals surface area contributed by atoms with E-state index in [2.05, 4.69) is 203 Å². The number of thiophene rings is 1. The second-order valence-corrected chi connectivity index (χ2v) is 17.1. The van der Waals surface area contributed by atoms with Crippen LogP contribution in [-0.2, 0) is 0 Å². The van der Waals surface area contributed by atoms with E-state index in [1.54, 1.807) is 11.3 Å². The first-order chi connectivity index (χ1) is 30.3. The van der Waals surface area contributed by atoms with E-state index >= 15 is 0 Å². The van der Waals surface area contributed by atoms with Crippen LogP contribution >= 0.6 is 11.3 Å². The fraction of sp³-hybridized carbons (Fsp3) is 0. The fourth-order valence-corrected chi connectivity index (χ4v) is 11.3. The summed E-state index contributed by atoms with van der Waals surface area (Å²) in [5.41, 5.74) is 13.7. The third-order valence-corrected chi connectivity index (χ3v) is 14.0. The predicted molar refractivity (Wildman–Crippen MR) is 258 cm³/mol. The topological polar surface area (TPSA) is 35.1 Å². The lowest BCUT2D eigenvalue weighted by molar-refractivity contribution is 1.18. The minimum absolute atomic E-state index is 0.720. The van der Waals surface area contributed by atoms with Crippen LogP contribution in [0.15, 0.2) is 194 Å². The van der Waals surface area contributed by atoms with E-state index in [0.717, 1.165) is 43.9 Å². The molecule has 0 aliphatic carbocycles. The third kappa shape index (κ3) is 4.58. The van der Waals surface area contributed by atoms with E-state index < -0.39 is 0 Å². The number of fused-ring (bicyclic) bond motifs is 15. The maximum Gasteiger partial charge on any atom is 0.160 e. The van der Waals surface area contributed by atoms with Crippen molar-refractivity contribution in [3.8, 4) is 39.5 Å². The third-order valence-electron chi connectivity index (χ3n) is 12.9. The van der Waals surface area contributed by atoms with Crippen LogP contribution in [0.1, 0.15) is 0 Å². The van der Waals surface area contributed by atoms with Gasteiger partial charge >= 0.3 is 0 Å². The van der Waals surface area contributed by atoms with Gasteiger partial charge in [0.05, 0.1) is 43.5 Å². The Hall–Kier alpha value is -7.86. The van der Waals surface area contributed by atoms with Crippen molar-refractivity contribution in [2.24, 2.45) is 0 Å². The molecule has 0 saturated carbocycles. The van der Waals surface area contributed by atoms with E-state index in [0.29, 0.717) is 0 Å². The van der Waals surface area contributed by atoms with Crippen LogP contribution in [-0.4, -0.2) is 18.9 Å². The molecule has 5 heteroatoms. The highest BCUT2D eigenvalue weighted by Gasteiger charge is 2.25. The monoisotopic (exact) mass is 792 g/mol. The van der Waals surface area contributed by atoms with E-state index in [1.165, 1.54) is 86.5 Å². The zero-order chi connectivity index (χ0) is 39.8. The van der Waals surface area contributed by atoms with Crippen molar-refractivity contribution in [3.63, 3.8) is 0 Å². The summed E-state index contributed by atoms with van der Waals surface area (Å²) in [5.74, 6) is 0.720. The predicted octanol–water partition coefficient (Wildman–Crippen LogP) is 15.2. The molecule has 0 atom stereocenters. The van der Waals surface area contributed by atoms with Crippen LogP contribution in [0.3, 0.4) is 0 Å². The smallest absolute Gasteiger partial charge is 0.160 e. The first kappa shape index (κ1) is 33.0. The molecule has 5 heterocycles. The van der Waals surface area contributed by atoms with Crippen LogP contribution in [0.25, 0.3) is 130 Å². The molecule has 0 aliphatic heterocycles.